The lowest BCUT2D eigenvalue weighted by Crippen LogP contribution is -2.18. The molecular formula is C52H50Br2Cl2N10O4S. The number of thiophene rings is 1. The maximum atomic E-state index is 11.1. The molecule has 0 saturated carbocycles. The Morgan fingerprint density at radius 2 is 1.46 bits per heavy atom. The largest absolute Gasteiger partial charge is 0.477 e. The third-order valence-electron chi connectivity index (χ3n) is 9.92. The molecule has 0 spiro atoms. The minimum absolute atomic E-state index is 0.0623. The summed E-state index contributed by atoms with van der Waals surface area (Å²) in [6, 6.07) is 33.3. The zero-order chi connectivity index (χ0) is 50.7. The van der Waals surface area contributed by atoms with Gasteiger partial charge in [0, 0.05) is 80.3 Å². The summed E-state index contributed by atoms with van der Waals surface area (Å²) in [7, 11) is 0. The second kappa shape index (κ2) is 27.4. The Balaban J connectivity index is 0.000000148. The highest BCUT2D eigenvalue weighted by atomic mass is 79.9. The van der Waals surface area contributed by atoms with E-state index in [0.717, 1.165) is 90.7 Å². The average molecular weight is 1140 g/mol. The van der Waals surface area contributed by atoms with E-state index in [-0.39, 0.29) is 16.4 Å². The first-order valence-electron chi connectivity index (χ1n) is 22.3. The molecule has 14 nitrogen and oxygen atoms in total. The first kappa shape index (κ1) is 54.2. The maximum Gasteiger partial charge on any atom is 0.345 e. The van der Waals surface area contributed by atoms with Gasteiger partial charge in [-0.05, 0) is 130 Å². The predicted molar refractivity (Wildman–Crippen MR) is 298 cm³/mol. The zero-order valence-corrected chi connectivity index (χ0v) is 44.4. The fraction of sp³-hybridized carbons (Fsp3) is 0.192. The van der Waals surface area contributed by atoms with Crippen molar-refractivity contribution in [1.29, 1.82) is 0 Å². The molecule has 19 heteroatoms. The number of aromatic amines is 1. The number of H-pyrrole nitrogens is 1. The molecule has 3 aliphatic heterocycles. The van der Waals surface area contributed by atoms with Crippen LogP contribution in [0.1, 0.15) is 70.5 Å². The van der Waals surface area contributed by atoms with Crippen LogP contribution in [0.25, 0.3) is 26.6 Å². The van der Waals surface area contributed by atoms with E-state index in [1.54, 1.807) is 37.5 Å². The van der Waals surface area contributed by atoms with Gasteiger partial charge in [-0.3, -0.25) is 14.8 Å². The number of aromatic carboxylic acids is 1. The van der Waals surface area contributed by atoms with Crippen LogP contribution in [0.3, 0.4) is 0 Å². The van der Waals surface area contributed by atoms with Gasteiger partial charge in [-0.2, -0.15) is 0 Å². The van der Waals surface area contributed by atoms with Crippen LogP contribution < -0.4 is 16.4 Å². The number of hydrogen-bond donors (Lipinski definition) is 5. The van der Waals surface area contributed by atoms with Crippen molar-refractivity contribution in [3.05, 3.63) is 168 Å². The van der Waals surface area contributed by atoms with Crippen molar-refractivity contribution >= 4 is 140 Å². The molecule has 1 fully saturated rings. The molecule has 0 aliphatic carbocycles. The summed E-state index contributed by atoms with van der Waals surface area (Å²) < 4.78 is 7.91. The molecule has 0 radical (unpaired) electrons. The molecule has 11 rings (SSSR count). The minimum atomic E-state index is -0.864. The summed E-state index contributed by atoms with van der Waals surface area (Å²) in [5, 5.41) is 17.6. The second-order valence-corrected chi connectivity index (χ2v) is 19.3. The average Bonchev–Trinajstić information content (AvgIpc) is 4.22. The van der Waals surface area contributed by atoms with Gasteiger partial charge >= 0.3 is 5.97 Å². The van der Waals surface area contributed by atoms with Gasteiger partial charge < -0.3 is 31.2 Å². The Morgan fingerprint density at radius 3 is 2.04 bits per heavy atom. The number of allylic oxidation sites excluding steroid dienone is 1. The van der Waals surface area contributed by atoms with Gasteiger partial charge in [-0.15, -0.1) is 11.3 Å². The lowest BCUT2D eigenvalue weighted by molar-refractivity contribution is 0.0702. The molecule has 1 atom stereocenters. The van der Waals surface area contributed by atoms with Gasteiger partial charge in [0.1, 0.15) is 16.5 Å². The number of rotatable bonds is 7. The Morgan fingerprint density at radius 1 is 0.817 bits per heavy atom. The van der Waals surface area contributed by atoms with Gasteiger partial charge in [0.05, 0.1) is 25.4 Å². The number of ketones is 1. The number of Topliss-reactive ketones (excluding diaryl/α,β-unsaturated/α-hetero) is 1. The van der Waals surface area contributed by atoms with Crippen molar-refractivity contribution < 1.29 is 19.4 Å². The number of nitrogens with one attached hydrogen (secondary N) is 3. The number of aliphatic imine (C=N–C) groups is 2. The van der Waals surface area contributed by atoms with E-state index >= 15 is 0 Å². The fourth-order valence-electron chi connectivity index (χ4n) is 6.53. The monoisotopic (exact) mass is 1140 g/mol. The summed E-state index contributed by atoms with van der Waals surface area (Å²) in [5.74, 6) is 0.555. The molecule has 4 aromatic heterocycles. The van der Waals surface area contributed by atoms with Crippen LogP contribution in [-0.2, 0) is 11.3 Å². The number of carboxylic acids is 1. The Labute approximate surface area is 442 Å². The van der Waals surface area contributed by atoms with Gasteiger partial charge in [-0.25, -0.2) is 24.7 Å². The summed E-state index contributed by atoms with van der Waals surface area (Å²) in [4.78, 5) is 49.4. The molecule has 71 heavy (non-hydrogen) atoms. The quantitative estimate of drug-likeness (QED) is 0.0750. The summed E-state index contributed by atoms with van der Waals surface area (Å²) in [6.45, 7) is 8.98. The smallest absolute Gasteiger partial charge is 0.345 e. The normalized spacial score (nSPS) is 13.6. The van der Waals surface area contributed by atoms with E-state index in [1.807, 2.05) is 91.3 Å². The van der Waals surface area contributed by atoms with E-state index in [2.05, 4.69) is 103 Å². The fourth-order valence-corrected chi connectivity index (χ4v) is 8.64. The van der Waals surface area contributed by atoms with Crippen molar-refractivity contribution in [1.82, 2.24) is 24.9 Å². The van der Waals surface area contributed by atoms with Crippen molar-refractivity contribution in [2.75, 3.05) is 30.4 Å². The lowest BCUT2D eigenvalue weighted by Gasteiger charge is -2.06. The van der Waals surface area contributed by atoms with Gasteiger partial charge in [-0.1, -0.05) is 88.5 Å². The lowest BCUT2D eigenvalue weighted by atomic mass is 10.1. The van der Waals surface area contributed by atoms with Crippen molar-refractivity contribution in [2.24, 2.45) is 15.7 Å². The zero-order valence-electron chi connectivity index (χ0n) is 38.9. The molecule has 7 heterocycles. The molecule has 366 valence electrons. The van der Waals surface area contributed by atoms with Crippen LogP contribution in [0.4, 0.5) is 23.0 Å². The van der Waals surface area contributed by atoms with E-state index in [9.17, 15) is 9.59 Å². The molecule has 1 unspecified atom stereocenters. The number of aromatic nitrogens is 5. The SMILES string of the molecule is CC(=O)c1cc2ccc(Br)cc2[nH]1.CCC.Clc1nccc(Nc2ccc(C3=CCN=C3)cc2)n1.Clc1nccc(Nc2ccc3c(c2)C=NC3)n1.NC1CCOC1.O=C(O)c1cc2ccc(Br)cc2s1. The first-order valence-corrected chi connectivity index (χ1v) is 25.4. The van der Waals surface area contributed by atoms with Crippen molar-refractivity contribution in [3.63, 3.8) is 0 Å². The number of carbonyl (C=O) groups excluding carboxylic acids is 1. The van der Waals surface area contributed by atoms with Crippen LogP contribution in [0.15, 0.2) is 141 Å². The van der Waals surface area contributed by atoms with Crippen LogP contribution in [0.5, 0.6) is 0 Å². The van der Waals surface area contributed by atoms with E-state index in [0.29, 0.717) is 28.2 Å². The number of carboxylic acid groups (broad SMARTS) is 1. The third kappa shape index (κ3) is 17.3. The number of ether oxygens (including phenoxy) is 1. The third-order valence-corrected chi connectivity index (χ3v) is 12.4. The highest BCUT2D eigenvalue weighted by Crippen LogP contribution is 2.29. The summed E-state index contributed by atoms with van der Waals surface area (Å²) >= 11 is 19.5. The standard InChI is InChI=1S/C14H11ClN4.C12H9ClN4.C10H8BrNO.C9H5BrO2S.C4H9NO.C3H8/c15-14-17-8-6-13(19-14)18-12-3-1-10(2-4-12)11-5-7-16-9-11;13-12-15-4-3-11(17-12)16-10-2-1-8-6-14-7-9(8)5-10;1-6(13)9-4-7-2-3-8(11)5-10(7)12-9;10-6-2-1-5-3-8(9(11)12)13-7(5)4-6;5-4-1-2-6-3-4;1-3-2/h1-6,8-9H,7H2,(H,17,18,19);1-5,7H,6H2,(H,15,16,17);2-5,12H,1H3;1-4H,(H,11,12);4H,1-3,5H2;3H2,1-2H3. The molecule has 0 bridgehead atoms. The van der Waals surface area contributed by atoms with E-state index < -0.39 is 5.97 Å². The number of fused-ring (bicyclic) bond motifs is 3. The molecular weight excluding hydrogens is 1090 g/mol. The Kier molecular flexibility index (Phi) is 20.9. The first-order chi connectivity index (χ1) is 34.3. The number of nitrogens with zero attached hydrogens (tertiary/aromatic N) is 6. The highest BCUT2D eigenvalue weighted by molar-refractivity contribution is 9.10. The second-order valence-electron chi connectivity index (χ2n) is 15.7. The van der Waals surface area contributed by atoms with E-state index in [1.165, 1.54) is 23.3 Å². The number of anilines is 4. The van der Waals surface area contributed by atoms with Crippen LogP contribution in [0, 0.1) is 0 Å². The minimum Gasteiger partial charge on any atom is -0.477 e. The van der Waals surface area contributed by atoms with E-state index in [4.69, 9.17) is 38.8 Å². The van der Waals surface area contributed by atoms with Gasteiger partial charge in [0.2, 0.25) is 10.6 Å². The molecule has 0 amide bonds. The van der Waals surface area contributed by atoms with Crippen LogP contribution in [-0.4, -0.2) is 80.0 Å². The molecule has 4 aromatic carbocycles. The molecule has 6 N–H and O–H groups in total. The van der Waals surface area contributed by atoms with Crippen molar-refractivity contribution in [2.45, 2.75) is 46.2 Å². The Bertz CT molecular complexity index is 3070. The summed E-state index contributed by atoms with van der Waals surface area (Å²) in [6.07, 6.45) is 11.4. The maximum absolute atomic E-state index is 11.1. The van der Waals surface area contributed by atoms with Crippen molar-refractivity contribution in [3.8, 4) is 0 Å². The number of halogens is 4. The number of carbonyl (C=O) groups is 2. The predicted octanol–water partition coefficient (Wildman–Crippen LogP) is 13.8. The number of benzene rings is 4. The number of nitrogens with two attached hydrogens (primary N) is 1. The van der Waals surface area contributed by atoms with Gasteiger partial charge in [0.25, 0.3) is 0 Å². The molecule has 3 aliphatic rings. The van der Waals surface area contributed by atoms with Crippen LogP contribution in [0.2, 0.25) is 10.6 Å². The topological polar surface area (TPSA) is 206 Å². The summed E-state index contributed by atoms with van der Waals surface area (Å²) in [5.41, 5.74) is 13.7. The highest BCUT2D eigenvalue weighted by Gasteiger charge is 2.10. The molecule has 1 saturated heterocycles. The molecule has 8 aromatic rings. The Hall–Kier alpha value is -6.18. The van der Waals surface area contributed by atoms with Crippen LogP contribution >= 0.6 is 66.4 Å². The number of hydrogen-bond acceptors (Lipinski definition) is 13. The van der Waals surface area contributed by atoms with Gasteiger partial charge in [0.15, 0.2) is 5.78 Å².